The number of carbonyl (C=O) groups excluding carboxylic acids is 1. The molecule has 0 N–H and O–H groups in total. The number of amides is 1. The Bertz CT molecular complexity index is 751. The number of hydrogen-bond donors (Lipinski definition) is 0. The lowest BCUT2D eigenvalue weighted by Gasteiger charge is -2.19. The van der Waals surface area contributed by atoms with Crippen LogP contribution in [0.25, 0.3) is 5.69 Å². The second-order valence-electron chi connectivity index (χ2n) is 4.84. The van der Waals surface area contributed by atoms with Gasteiger partial charge in [-0.2, -0.15) is 5.10 Å². The van der Waals surface area contributed by atoms with Crippen molar-refractivity contribution in [2.45, 2.75) is 20.8 Å². The maximum Gasteiger partial charge on any atom is 0.278 e. The summed E-state index contributed by atoms with van der Waals surface area (Å²) in [5.74, 6) is -0.365. The van der Waals surface area contributed by atoms with E-state index in [2.05, 4.69) is 5.10 Å². The van der Waals surface area contributed by atoms with E-state index in [-0.39, 0.29) is 17.0 Å². The third kappa shape index (κ3) is 3.04. The molecule has 0 spiro atoms. The van der Waals surface area contributed by atoms with E-state index in [4.69, 9.17) is 11.6 Å². The van der Waals surface area contributed by atoms with Crippen LogP contribution in [-0.4, -0.2) is 33.7 Å². The number of para-hydroxylation sites is 1. The Morgan fingerprint density at radius 3 is 2.50 bits per heavy atom. The lowest BCUT2D eigenvalue weighted by atomic mass is 10.2. The molecule has 2 aromatic rings. The van der Waals surface area contributed by atoms with Gasteiger partial charge >= 0.3 is 0 Å². The molecule has 0 atom stereocenters. The van der Waals surface area contributed by atoms with Gasteiger partial charge < -0.3 is 4.90 Å². The van der Waals surface area contributed by atoms with Crippen molar-refractivity contribution in [2.24, 2.45) is 0 Å². The average Bonchev–Trinajstić information content (AvgIpc) is 2.49. The van der Waals surface area contributed by atoms with E-state index >= 15 is 0 Å². The number of halogens is 1. The summed E-state index contributed by atoms with van der Waals surface area (Å²) in [6, 6.07) is 8.57. The van der Waals surface area contributed by atoms with Gasteiger partial charge in [-0.3, -0.25) is 9.59 Å². The molecule has 0 fully saturated rings. The van der Waals surface area contributed by atoms with Gasteiger partial charge in [-0.1, -0.05) is 23.7 Å². The molecule has 5 nitrogen and oxygen atoms in total. The van der Waals surface area contributed by atoms with Gasteiger partial charge in [0, 0.05) is 24.8 Å². The number of aryl methyl sites for hydroxylation is 1. The summed E-state index contributed by atoms with van der Waals surface area (Å²) >= 11 is 6.19. The first-order chi connectivity index (χ1) is 10.5. The highest BCUT2D eigenvalue weighted by Crippen LogP contribution is 2.19. The van der Waals surface area contributed by atoms with Gasteiger partial charge in [-0.15, -0.1) is 0 Å². The maximum absolute atomic E-state index is 12.4. The van der Waals surface area contributed by atoms with Crippen LogP contribution in [0.1, 0.15) is 30.0 Å². The van der Waals surface area contributed by atoms with E-state index in [0.717, 1.165) is 0 Å². The van der Waals surface area contributed by atoms with E-state index in [0.29, 0.717) is 29.5 Å². The van der Waals surface area contributed by atoms with Crippen molar-refractivity contribution in [2.75, 3.05) is 13.1 Å². The van der Waals surface area contributed by atoms with Crippen LogP contribution in [0.4, 0.5) is 0 Å². The molecule has 0 unspecified atom stereocenters. The Morgan fingerprint density at radius 2 is 1.91 bits per heavy atom. The highest BCUT2D eigenvalue weighted by Gasteiger charge is 2.20. The van der Waals surface area contributed by atoms with Crippen molar-refractivity contribution in [3.8, 4) is 5.69 Å². The number of nitrogens with zero attached hydrogens (tertiary/aromatic N) is 3. The van der Waals surface area contributed by atoms with Gasteiger partial charge in [0.25, 0.3) is 5.91 Å². The van der Waals surface area contributed by atoms with E-state index < -0.39 is 0 Å². The zero-order chi connectivity index (χ0) is 16.3. The smallest absolute Gasteiger partial charge is 0.278 e. The van der Waals surface area contributed by atoms with Crippen LogP contribution in [0.2, 0.25) is 5.02 Å². The molecule has 1 heterocycles. The third-order valence-corrected chi connectivity index (χ3v) is 3.76. The van der Waals surface area contributed by atoms with Crippen LogP contribution in [0, 0.1) is 6.92 Å². The zero-order valence-corrected chi connectivity index (χ0v) is 13.6. The minimum atomic E-state index is -0.377. The summed E-state index contributed by atoms with van der Waals surface area (Å²) < 4.78 is 1.53. The van der Waals surface area contributed by atoms with Crippen LogP contribution in [0.5, 0.6) is 0 Å². The van der Waals surface area contributed by atoms with Crippen LogP contribution >= 0.6 is 11.6 Å². The normalized spacial score (nSPS) is 10.5. The van der Waals surface area contributed by atoms with Gasteiger partial charge in [0.2, 0.25) is 5.43 Å². The fraction of sp³-hybridized carbons (Fsp3) is 0.312. The van der Waals surface area contributed by atoms with Gasteiger partial charge in [0.15, 0.2) is 5.69 Å². The molecule has 0 bridgehead atoms. The quantitative estimate of drug-likeness (QED) is 0.870. The fourth-order valence-corrected chi connectivity index (χ4v) is 2.44. The molecule has 116 valence electrons. The molecule has 0 radical (unpaired) electrons. The Morgan fingerprint density at radius 1 is 1.27 bits per heavy atom. The molecule has 0 saturated carbocycles. The van der Waals surface area contributed by atoms with E-state index in [1.807, 2.05) is 26.0 Å². The van der Waals surface area contributed by atoms with Crippen molar-refractivity contribution in [3.63, 3.8) is 0 Å². The minimum Gasteiger partial charge on any atom is -0.338 e. The minimum absolute atomic E-state index is 0.0887. The van der Waals surface area contributed by atoms with Crippen LogP contribution < -0.4 is 5.43 Å². The SMILES string of the molecule is CCN(CC)C(=O)c1nn(-c2ccccc2Cl)c(C)cc1=O. The molecule has 2 rings (SSSR count). The van der Waals surface area contributed by atoms with Crippen LogP contribution in [0.3, 0.4) is 0 Å². The van der Waals surface area contributed by atoms with Crippen molar-refractivity contribution in [1.29, 1.82) is 0 Å². The molecule has 22 heavy (non-hydrogen) atoms. The molecule has 1 aromatic heterocycles. The molecular formula is C16H18ClN3O2. The summed E-state index contributed by atoms with van der Waals surface area (Å²) in [5, 5.41) is 4.75. The highest BCUT2D eigenvalue weighted by molar-refractivity contribution is 6.32. The third-order valence-electron chi connectivity index (χ3n) is 3.44. The summed E-state index contributed by atoms with van der Waals surface area (Å²) in [5.41, 5.74) is 0.788. The van der Waals surface area contributed by atoms with E-state index in [1.54, 1.807) is 24.0 Å². The Balaban J connectivity index is 2.60. The first kappa shape index (κ1) is 16.2. The molecule has 0 aliphatic rings. The number of rotatable bonds is 4. The largest absolute Gasteiger partial charge is 0.338 e. The van der Waals surface area contributed by atoms with Gasteiger partial charge in [0.1, 0.15) is 0 Å². The van der Waals surface area contributed by atoms with Gasteiger partial charge in [-0.25, -0.2) is 4.68 Å². The summed E-state index contributed by atoms with van der Waals surface area (Å²) in [6.45, 7) is 6.53. The van der Waals surface area contributed by atoms with Crippen molar-refractivity contribution in [3.05, 3.63) is 57.0 Å². The van der Waals surface area contributed by atoms with Crippen molar-refractivity contribution in [1.82, 2.24) is 14.7 Å². The van der Waals surface area contributed by atoms with E-state index in [9.17, 15) is 9.59 Å². The number of carbonyl (C=O) groups is 1. The predicted molar refractivity (Wildman–Crippen MR) is 86.8 cm³/mol. The second-order valence-corrected chi connectivity index (χ2v) is 5.25. The maximum atomic E-state index is 12.4. The van der Waals surface area contributed by atoms with Crippen LogP contribution in [0.15, 0.2) is 35.1 Å². The topological polar surface area (TPSA) is 55.2 Å². The molecule has 6 heteroatoms. The van der Waals surface area contributed by atoms with E-state index in [1.165, 1.54) is 10.7 Å². The number of benzene rings is 1. The number of aromatic nitrogens is 2. The van der Waals surface area contributed by atoms with Gasteiger partial charge in [-0.05, 0) is 32.9 Å². The molecule has 0 saturated heterocycles. The Kier molecular flexibility index (Phi) is 4.98. The summed E-state index contributed by atoms with van der Waals surface area (Å²) in [4.78, 5) is 26.1. The average molecular weight is 320 g/mol. The molecule has 0 aliphatic heterocycles. The second kappa shape index (κ2) is 6.75. The van der Waals surface area contributed by atoms with Gasteiger partial charge in [0.05, 0.1) is 10.7 Å². The lowest BCUT2D eigenvalue weighted by molar-refractivity contribution is 0.0763. The van der Waals surface area contributed by atoms with Crippen molar-refractivity contribution >= 4 is 17.5 Å². The Labute approximate surface area is 134 Å². The molecule has 1 aromatic carbocycles. The number of hydrogen-bond acceptors (Lipinski definition) is 3. The predicted octanol–water partition coefficient (Wildman–Crippen LogP) is 2.68. The molecule has 0 aliphatic carbocycles. The summed E-state index contributed by atoms with van der Waals surface area (Å²) in [6.07, 6.45) is 0. The monoisotopic (exact) mass is 319 g/mol. The summed E-state index contributed by atoms with van der Waals surface area (Å²) in [7, 11) is 0. The highest BCUT2D eigenvalue weighted by atomic mass is 35.5. The lowest BCUT2D eigenvalue weighted by Crippen LogP contribution is -2.36. The van der Waals surface area contributed by atoms with Crippen LogP contribution in [-0.2, 0) is 0 Å². The molecular weight excluding hydrogens is 302 g/mol. The zero-order valence-electron chi connectivity index (χ0n) is 12.8. The Hall–Kier alpha value is -2.14. The molecule has 1 amide bonds. The first-order valence-electron chi connectivity index (χ1n) is 7.14. The van der Waals surface area contributed by atoms with Crippen molar-refractivity contribution < 1.29 is 4.79 Å². The standard InChI is InChI=1S/C16H18ClN3O2/c1-4-19(5-2)16(22)15-14(21)10-11(3)20(18-15)13-9-7-6-8-12(13)17/h6-10H,4-5H2,1-3H3. The first-order valence-corrected chi connectivity index (χ1v) is 7.52. The fourth-order valence-electron chi connectivity index (χ4n) is 2.22.